The molecule has 0 saturated carbocycles. The van der Waals surface area contributed by atoms with Crippen LogP contribution >= 0.6 is 0 Å². The summed E-state index contributed by atoms with van der Waals surface area (Å²) in [5.41, 5.74) is 6.81. The first kappa shape index (κ1) is 15.4. The smallest absolute Gasteiger partial charge is 0.253 e. The lowest BCUT2D eigenvalue weighted by Gasteiger charge is -2.33. The quantitative estimate of drug-likeness (QED) is 0.831. The molecule has 1 fully saturated rings. The highest BCUT2D eigenvalue weighted by Crippen LogP contribution is 2.15. The zero-order valence-corrected chi connectivity index (χ0v) is 12.6. The Morgan fingerprint density at radius 1 is 1.24 bits per heavy atom. The molecule has 114 valence electrons. The van der Waals surface area contributed by atoms with Crippen molar-refractivity contribution in [2.75, 3.05) is 18.8 Å². The fourth-order valence-corrected chi connectivity index (χ4v) is 2.58. The molecular formula is C16H23N3O2. The van der Waals surface area contributed by atoms with Crippen molar-refractivity contribution in [3.05, 3.63) is 29.8 Å². The second-order valence-electron chi connectivity index (χ2n) is 5.81. The lowest BCUT2D eigenvalue weighted by Crippen LogP contribution is -2.47. The third kappa shape index (κ3) is 3.74. The Labute approximate surface area is 125 Å². The molecule has 5 nitrogen and oxygen atoms in total. The zero-order valence-electron chi connectivity index (χ0n) is 12.6. The Bertz CT molecular complexity index is 520. The largest absolute Gasteiger partial charge is 0.398 e. The maximum Gasteiger partial charge on any atom is 0.253 e. The Balaban J connectivity index is 1.88. The van der Waals surface area contributed by atoms with Crippen molar-refractivity contribution < 1.29 is 9.59 Å². The first-order valence-corrected chi connectivity index (χ1v) is 7.43. The minimum Gasteiger partial charge on any atom is -0.398 e. The van der Waals surface area contributed by atoms with Crippen LogP contribution < -0.4 is 11.1 Å². The maximum absolute atomic E-state index is 12.2. The van der Waals surface area contributed by atoms with Crippen molar-refractivity contribution >= 4 is 17.5 Å². The lowest BCUT2D eigenvalue weighted by atomic mass is 10.0. The summed E-state index contributed by atoms with van der Waals surface area (Å²) in [6.45, 7) is 5.22. The van der Waals surface area contributed by atoms with Gasteiger partial charge in [-0.05, 0) is 25.0 Å². The predicted molar refractivity (Wildman–Crippen MR) is 82.8 cm³/mol. The molecule has 0 bridgehead atoms. The fraction of sp³-hybridized carbons (Fsp3) is 0.500. The van der Waals surface area contributed by atoms with Gasteiger partial charge in [0.15, 0.2) is 0 Å². The Kier molecular flexibility index (Phi) is 4.83. The number of nitrogens with one attached hydrogen (secondary N) is 1. The third-order valence-electron chi connectivity index (χ3n) is 3.84. The fourth-order valence-electron chi connectivity index (χ4n) is 2.58. The second-order valence-corrected chi connectivity index (χ2v) is 5.81. The van der Waals surface area contributed by atoms with Crippen molar-refractivity contribution in [3.63, 3.8) is 0 Å². The van der Waals surface area contributed by atoms with Crippen molar-refractivity contribution in [2.45, 2.75) is 32.7 Å². The Morgan fingerprint density at radius 3 is 2.43 bits per heavy atom. The van der Waals surface area contributed by atoms with Crippen LogP contribution in [0, 0.1) is 5.92 Å². The van der Waals surface area contributed by atoms with Gasteiger partial charge in [-0.2, -0.15) is 0 Å². The summed E-state index contributed by atoms with van der Waals surface area (Å²) in [5.74, 6) is 0.0778. The number of nitrogens with zero attached hydrogens (tertiary/aromatic N) is 1. The average Bonchev–Trinajstić information content (AvgIpc) is 2.47. The van der Waals surface area contributed by atoms with Gasteiger partial charge in [-0.3, -0.25) is 9.59 Å². The molecule has 0 aromatic heterocycles. The molecule has 3 N–H and O–H groups in total. The van der Waals surface area contributed by atoms with Gasteiger partial charge < -0.3 is 16.0 Å². The number of nitrogen functional groups attached to an aromatic ring is 1. The number of para-hydroxylation sites is 1. The van der Waals surface area contributed by atoms with Gasteiger partial charge in [0.2, 0.25) is 5.91 Å². The zero-order chi connectivity index (χ0) is 15.4. The van der Waals surface area contributed by atoms with Crippen LogP contribution in [0.2, 0.25) is 0 Å². The number of anilines is 1. The van der Waals surface area contributed by atoms with Crippen molar-refractivity contribution in [1.82, 2.24) is 10.2 Å². The molecule has 0 unspecified atom stereocenters. The molecule has 0 radical (unpaired) electrons. The maximum atomic E-state index is 12.2. The van der Waals surface area contributed by atoms with Crippen LogP contribution in [0.4, 0.5) is 5.69 Å². The summed E-state index contributed by atoms with van der Waals surface area (Å²) in [7, 11) is 0. The van der Waals surface area contributed by atoms with E-state index in [1.54, 1.807) is 18.2 Å². The number of hydrogen-bond acceptors (Lipinski definition) is 3. The van der Waals surface area contributed by atoms with Gasteiger partial charge in [0.05, 0.1) is 5.56 Å². The number of amides is 2. The summed E-state index contributed by atoms with van der Waals surface area (Å²) in [4.78, 5) is 26.0. The van der Waals surface area contributed by atoms with Gasteiger partial charge in [0, 0.05) is 30.7 Å². The molecule has 21 heavy (non-hydrogen) atoms. The van der Waals surface area contributed by atoms with E-state index in [4.69, 9.17) is 5.73 Å². The van der Waals surface area contributed by atoms with Crippen LogP contribution in [0.15, 0.2) is 24.3 Å². The van der Waals surface area contributed by atoms with E-state index in [1.165, 1.54) is 0 Å². The van der Waals surface area contributed by atoms with E-state index in [2.05, 4.69) is 5.32 Å². The van der Waals surface area contributed by atoms with E-state index >= 15 is 0 Å². The third-order valence-corrected chi connectivity index (χ3v) is 3.84. The topological polar surface area (TPSA) is 75.4 Å². The van der Waals surface area contributed by atoms with Crippen LogP contribution in [0.25, 0.3) is 0 Å². The summed E-state index contributed by atoms with van der Waals surface area (Å²) >= 11 is 0. The number of benzene rings is 1. The predicted octanol–water partition coefficient (Wildman–Crippen LogP) is 1.65. The van der Waals surface area contributed by atoms with Crippen LogP contribution in [-0.4, -0.2) is 35.8 Å². The van der Waals surface area contributed by atoms with Crippen molar-refractivity contribution in [2.24, 2.45) is 5.92 Å². The van der Waals surface area contributed by atoms with Crippen molar-refractivity contribution in [3.8, 4) is 0 Å². The second kappa shape index (κ2) is 6.61. The molecule has 1 aromatic carbocycles. The highest BCUT2D eigenvalue weighted by Gasteiger charge is 2.25. The number of carbonyl (C=O) groups excluding carboxylic acids is 2. The monoisotopic (exact) mass is 289 g/mol. The number of likely N-dealkylation sites (tertiary alicyclic amines) is 1. The van der Waals surface area contributed by atoms with Crippen LogP contribution in [-0.2, 0) is 4.79 Å². The van der Waals surface area contributed by atoms with Crippen LogP contribution in [0.3, 0.4) is 0 Å². The molecule has 1 saturated heterocycles. The highest BCUT2D eigenvalue weighted by molar-refractivity contribution is 5.99. The molecule has 1 heterocycles. The summed E-state index contributed by atoms with van der Waals surface area (Å²) in [6, 6.07) is 7.16. The standard InChI is InChI=1S/C16H23N3O2/c1-11(2)16(21)19-9-7-12(8-10-19)18-15(20)13-5-3-4-6-14(13)17/h3-6,11-12H,7-10,17H2,1-2H3,(H,18,20). The van der Waals surface area contributed by atoms with Crippen LogP contribution in [0.5, 0.6) is 0 Å². The van der Waals surface area contributed by atoms with E-state index < -0.39 is 0 Å². The van der Waals surface area contributed by atoms with Gasteiger partial charge in [0.25, 0.3) is 5.91 Å². The Hall–Kier alpha value is -2.04. The van der Waals surface area contributed by atoms with Gasteiger partial charge in [-0.1, -0.05) is 26.0 Å². The SMILES string of the molecule is CC(C)C(=O)N1CCC(NC(=O)c2ccccc2N)CC1. The molecule has 1 aromatic rings. The van der Waals surface area contributed by atoms with Crippen LogP contribution in [0.1, 0.15) is 37.0 Å². The van der Waals surface area contributed by atoms with Gasteiger partial charge in [0.1, 0.15) is 0 Å². The van der Waals surface area contributed by atoms with E-state index in [-0.39, 0.29) is 23.8 Å². The summed E-state index contributed by atoms with van der Waals surface area (Å²) in [5, 5.41) is 3.01. The minimum atomic E-state index is -0.137. The first-order valence-electron chi connectivity index (χ1n) is 7.43. The Morgan fingerprint density at radius 2 is 1.86 bits per heavy atom. The van der Waals surface area contributed by atoms with Gasteiger partial charge >= 0.3 is 0 Å². The molecular weight excluding hydrogens is 266 g/mol. The number of carbonyl (C=O) groups is 2. The summed E-state index contributed by atoms with van der Waals surface area (Å²) in [6.07, 6.45) is 1.58. The number of rotatable bonds is 3. The molecule has 5 heteroatoms. The summed E-state index contributed by atoms with van der Waals surface area (Å²) < 4.78 is 0. The molecule has 2 amide bonds. The van der Waals surface area contributed by atoms with E-state index in [1.807, 2.05) is 24.8 Å². The molecule has 1 aliphatic rings. The highest BCUT2D eigenvalue weighted by atomic mass is 16.2. The molecule has 0 aliphatic carbocycles. The molecule has 2 rings (SSSR count). The average molecular weight is 289 g/mol. The van der Waals surface area contributed by atoms with Crippen molar-refractivity contribution in [1.29, 1.82) is 0 Å². The van der Waals surface area contributed by atoms with Gasteiger partial charge in [-0.15, -0.1) is 0 Å². The van der Waals surface area contributed by atoms with E-state index in [0.29, 0.717) is 24.3 Å². The minimum absolute atomic E-state index is 0.0280. The lowest BCUT2D eigenvalue weighted by molar-refractivity contribution is -0.135. The molecule has 0 atom stereocenters. The normalized spacial score (nSPS) is 16.0. The number of piperidine rings is 1. The van der Waals surface area contributed by atoms with Gasteiger partial charge in [-0.25, -0.2) is 0 Å². The van der Waals surface area contributed by atoms with E-state index in [0.717, 1.165) is 12.8 Å². The first-order chi connectivity index (χ1) is 9.99. The molecule has 0 spiro atoms. The molecule has 1 aliphatic heterocycles. The number of hydrogen-bond donors (Lipinski definition) is 2. The number of nitrogens with two attached hydrogens (primary N) is 1. The van der Waals surface area contributed by atoms with E-state index in [9.17, 15) is 9.59 Å².